The molecule has 0 fully saturated rings. The van der Waals surface area contributed by atoms with Crippen molar-refractivity contribution < 1.29 is 9.53 Å². The van der Waals surface area contributed by atoms with Gasteiger partial charge in [-0.3, -0.25) is 0 Å². The number of ether oxygens (including phenoxy) is 1. The zero-order valence-electron chi connectivity index (χ0n) is 13.7. The van der Waals surface area contributed by atoms with Crippen molar-refractivity contribution in [3.8, 4) is 0 Å². The number of rotatable bonds is 17. The highest BCUT2D eigenvalue weighted by molar-refractivity contribution is 5.50. The number of aldehydes is 1. The van der Waals surface area contributed by atoms with Gasteiger partial charge in [0.25, 0.3) is 0 Å². The fourth-order valence-electron chi connectivity index (χ4n) is 2.53. The smallest absolute Gasteiger partial charge is 0.145 e. The van der Waals surface area contributed by atoms with E-state index in [4.69, 9.17) is 4.74 Å². The van der Waals surface area contributed by atoms with E-state index in [-0.39, 0.29) is 6.61 Å². The van der Waals surface area contributed by atoms with E-state index in [9.17, 15) is 4.79 Å². The molecule has 0 rings (SSSR count). The Hall–Kier alpha value is -0.370. The van der Waals surface area contributed by atoms with E-state index in [1.807, 2.05) is 0 Å². The first-order chi connectivity index (χ1) is 9.91. The fourth-order valence-corrected chi connectivity index (χ4v) is 2.53. The quantitative estimate of drug-likeness (QED) is 0.253. The lowest BCUT2D eigenvalue weighted by Crippen LogP contribution is -1.97. The van der Waals surface area contributed by atoms with Crippen molar-refractivity contribution >= 4 is 6.29 Å². The maximum atomic E-state index is 10.0. The lowest BCUT2D eigenvalue weighted by Gasteiger charge is -2.03. The second-order valence-electron chi connectivity index (χ2n) is 5.84. The monoisotopic (exact) mass is 284 g/mol. The molecular weight excluding hydrogens is 248 g/mol. The van der Waals surface area contributed by atoms with Crippen LogP contribution in [-0.4, -0.2) is 19.5 Å². The zero-order valence-corrected chi connectivity index (χ0v) is 13.7. The Kier molecular flexibility index (Phi) is 18.3. The summed E-state index contributed by atoms with van der Waals surface area (Å²) in [5.74, 6) is 0. The second kappa shape index (κ2) is 18.6. The van der Waals surface area contributed by atoms with Gasteiger partial charge in [0.15, 0.2) is 0 Å². The third-order valence-corrected chi connectivity index (χ3v) is 3.83. The number of carbonyl (C=O) groups is 1. The molecule has 0 aromatic heterocycles. The molecule has 0 aromatic rings. The zero-order chi connectivity index (χ0) is 14.7. The maximum Gasteiger partial charge on any atom is 0.145 e. The lowest BCUT2D eigenvalue weighted by molar-refractivity contribution is -0.111. The van der Waals surface area contributed by atoms with E-state index in [2.05, 4.69) is 6.92 Å². The van der Waals surface area contributed by atoms with Crippen molar-refractivity contribution in [2.75, 3.05) is 13.2 Å². The van der Waals surface area contributed by atoms with E-state index >= 15 is 0 Å². The first kappa shape index (κ1) is 19.6. The molecule has 0 bridgehead atoms. The third-order valence-electron chi connectivity index (χ3n) is 3.83. The molecule has 0 unspecified atom stereocenters. The SMILES string of the molecule is CCCCCCCCCCCCCCCCOCC=O. The summed E-state index contributed by atoms with van der Waals surface area (Å²) in [4.78, 5) is 10.0. The molecular formula is C18H36O2. The van der Waals surface area contributed by atoms with Crippen molar-refractivity contribution in [1.82, 2.24) is 0 Å². The second-order valence-corrected chi connectivity index (χ2v) is 5.84. The van der Waals surface area contributed by atoms with Crippen molar-refractivity contribution in [3.63, 3.8) is 0 Å². The number of hydrogen-bond acceptors (Lipinski definition) is 2. The van der Waals surface area contributed by atoms with Gasteiger partial charge in [-0.05, 0) is 6.42 Å². The predicted molar refractivity (Wildman–Crippen MR) is 87.2 cm³/mol. The first-order valence-corrected chi connectivity index (χ1v) is 8.93. The van der Waals surface area contributed by atoms with Crippen molar-refractivity contribution in [1.29, 1.82) is 0 Å². The topological polar surface area (TPSA) is 26.3 Å². The summed E-state index contributed by atoms with van der Waals surface area (Å²) in [5, 5.41) is 0. The van der Waals surface area contributed by atoms with Crippen molar-refractivity contribution in [3.05, 3.63) is 0 Å². The Morgan fingerprint density at radius 2 is 1.05 bits per heavy atom. The van der Waals surface area contributed by atoms with Crippen LogP contribution in [0, 0.1) is 0 Å². The Bertz CT molecular complexity index is 180. The van der Waals surface area contributed by atoms with Gasteiger partial charge in [0.1, 0.15) is 12.9 Å². The van der Waals surface area contributed by atoms with Crippen LogP contribution in [0.25, 0.3) is 0 Å². The molecule has 0 saturated carbocycles. The van der Waals surface area contributed by atoms with Crippen LogP contribution in [-0.2, 0) is 9.53 Å². The summed E-state index contributed by atoms with van der Waals surface area (Å²) in [7, 11) is 0. The molecule has 0 heterocycles. The van der Waals surface area contributed by atoms with Crippen LogP contribution in [0.15, 0.2) is 0 Å². The van der Waals surface area contributed by atoms with Crippen molar-refractivity contribution in [2.24, 2.45) is 0 Å². The van der Waals surface area contributed by atoms with Gasteiger partial charge in [0.05, 0.1) is 0 Å². The highest BCUT2D eigenvalue weighted by Gasteiger charge is 1.94. The number of hydrogen-bond donors (Lipinski definition) is 0. The van der Waals surface area contributed by atoms with Crippen LogP contribution in [0.3, 0.4) is 0 Å². The van der Waals surface area contributed by atoms with Gasteiger partial charge >= 0.3 is 0 Å². The number of unbranched alkanes of at least 4 members (excludes halogenated alkanes) is 13. The largest absolute Gasteiger partial charge is 0.374 e. The molecule has 20 heavy (non-hydrogen) atoms. The van der Waals surface area contributed by atoms with Crippen LogP contribution < -0.4 is 0 Å². The molecule has 0 aromatic carbocycles. The fraction of sp³-hybridized carbons (Fsp3) is 0.944. The summed E-state index contributed by atoms with van der Waals surface area (Å²) >= 11 is 0. The molecule has 2 heteroatoms. The molecule has 0 spiro atoms. The van der Waals surface area contributed by atoms with E-state index in [1.165, 1.54) is 83.5 Å². The minimum absolute atomic E-state index is 0.262. The van der Waals surface area contributed by atoms with E-state index in [0.29, 0.717) is 0 Å². The number of carbonyl (C=O) groups excluding carboxylic acids is 1. The Morgan fingerprint density at radius 3 is 1.45 bits per heavy atom. The molecule has 0 aliphatic heterocycles. The molecule has 0 saturated heterocycles. The first-order valence-electron chi connectivity index (χ1n) is 8.93. The third kappa shape index (κ3) is 17.6. The molecule has 0 atom stereocenters. The predicted octanol–water partition coefficient (Wildman–Crippen LogP) is 5.68. The summed E-state index contributed by atoms with van der Waals surface area (Å²) in [6.07, 6.45) is 20.1. The van der Waals surface area contributed by atoms with Gasteiger partial charge in [-0.25, -0.2) is 0 Å². The van der Waals surface area contributed by atoms with Gasteiger partial charge in [0, 0.05) is 6.61 Å². The van der Waals surface area contributed by atoms with Crippen LogP contribution >= 0.6 is 0 Å². The average Bonchev–Trinajstić information content (AvgIpc) is 2.47. The highest BCUT2D eigenvalue weighted by Crippen LogP contribution is 2.12. The average molecular weight is 284 g/mol. The van der Waals surface area contributed by atoms with E-state index in [1.54, 1.807) is 0 Å². The molecule has 0 N–H and O–H groups in total. The van der Waals surface area contributed by atoms with Crippen LogP contribution in [0.1, 0.15) is 96.8 Å². The Balaban J connectivity index is 2.90. The standard InChI is InChI=1S/C18H36O2/c1-2-3-4-5-6-7-8-9-10-11-12-13-14-15-17-20-18-16-19/h16H,2-15,17-18H2,1H3. The summed E-state index contributed by atoms with van der Waals surface area (Å²) in [5.41, 5.74) is 0. The van der Waals surface area contributed by atoms with Crippen LogP contribution in [0.5, 0.6) is 0 Å². The van der Waals surface area contributed by atoms with Gasteiger partial charge in [-0.2, -0.15) is 0 Å². The Morgan fingerprint density at radius 1 is 0.650 bits per heavy atom. The lowest BCUT2D eigenvalue weighted by atomic mass is 10.0. The minimum Gasteiger partial charge on any atom is -0.374 e. The molecule has 2 nitrogen and oxygen atoms in total. The van der Waals surface area contributed by atoms with Gasteiger partial charge in [-0.15, -0.1) is 0 Å². The van der Waals surface area contributed by atoms with Gasteiger partial charge in [0.2, 0.25) is 0 Å². The van der Waals surface area contributed by atoms with E-state index in [0.717, 1.165) is 19.3 Å². The van der Waals surface area contributed by atoms with Crippen molar-refractivity contribution in [2.45, 2.75) is 96.8 Å². The minimum atomic E-state index is 0.262. The summed E-state index contributed by atoms with van der Waals surface area (Å²) in [6.45, 7) is 3.29. The molecule has 0 aliphatic rings. The highest BCUT2D eigenvalue weighted by atomic mass is 16.5. The normalized spacial score (nSPS) is 10.8. The van der Waals surface area contributed by atoms with Gasteiger partial charge < -0.3 is 9.53 Å². The molecule has 120 valence electrons. The van der Waals surface area contributed by atoms with Crippen LogP contribution in [0.4, 0.5) is 0 Å². The molecule has 0 amide bonds. The van der Waals surface area contributed by atoms with E-state index < -0.39 is 0 Å². The molecule has 0 aliphatic carbocycles. The van der Waals surface area contributed by atoms with Gasteiger partial charge in [-0.1, -0.05) is 90.4 Å². The Labute approximate surface area is 126 Å². The summed E-state index contributed by atoms with van der Waals surface area (Å²) < 4.78 is 5.12. The summed E-state index contributed by atoms with van der Waals surface area (Å²) in [6, 6.07) is 0. The van der Waals surface area contributed by atoms with Crippen LogP contribution in [0.2, 0.25) is 0 Å². The molecule has 0 radical (unpaired) electrons. The maximum absolute atomic E-state index is 10.0.